The Balaban J connectivity index is 1.63. The first-order valence-electron chi connectivity index (χ1n) is 12.0. The van der Waals surface area contributed by atoms with Crippen molar-refractivity contribution in [3.05, 3.63) is 70.1 Å². The number of nitrogens with two attached hydrogens (primary N) is 1. The number of hydrogen-bond donors (Lipinski definition) is 3. The molecule has 0 spiro atoms. The number of sulfonamides is 1. The smallest absolute Gasteiger partial charge is 0.272 e. The average Bonchev–Trinajstić information content (AvgIpc) is 3.48. The molecule has 0 aliphatic carbocycles. The van der Waals surface area contributed by atoms with Crippen LogP contribution in [-0.2, 0) is 27.9 Å². The summed E-state index contributed by atoms with van der Waals surface area (Å²) in [4.78, 5) is 11.9. The second-order valence-corrected chi connectivity index (χ2v) is 12.6. The minimum atomic E-state index is -3.90. The maximum atomic E-state index is 13.0. The highest BCUT2D eigenvalue weighted by Crippen LogP contribution is 2.35. The Morgan fingerprint density at radius 1 is 1.18 bits per heavy atom. The highest BCUT2D eigenvalue weighted by molar-refractivity contribution is 7.94. The molecule has 0 bridgehead atoms. The number of thiophene rings is 1. The third-order valence-corrected chi connectivity index (χ3v) is 9.44. The molecular formula is C26H30ClN5O4S2. The summed E-state index contributed by atoms with van der Waals surface area (Å²) in [5, 5.41) is 8.44. The number of carbonyl (C=O) groups excluding carboxylic acids is 1. The van der Waals surface area contributed by atoms with Gasteiger partial charge < -0.3 is 15.8 Å². The van der Waals surface area contributed by atoms with Crippen LogP contribution in [0.1, 0.15) is 31.4 Å². The van der Waals surface area contributed by atoms with E-state index in [4.69, 9.17) is 22.1 Å². The molecule has 0 saturated heterocycles. The Kier molecular flexibility index (Phi) is 8.61. The number of halogens is 1. The number of nitrogens with zero attached hydrogens (tertiary/aromatic N) is 2. The maximum absolute atomic E-state index is 13.0. The molecule has 0 aliphatic heterocycles. The quantitative estimate of drug-likeness (QED) is 0.226. The van der Waals surface area contributed by atoms with Crippen molar-refractivity contribution in [2.45, 2.75) is 43.6 Å². The highest BCUT2D eigenvalue weighted by atomic mass is 35.5. The van der Waals surface area contributed by atoms with Gasteiger partial charge in [-0.15, -0.1) is 11.3 Å². The van der Waals surface area contributed by atoms with Crippen LogP contribution in [0.2, 0.25) is 4.34 Å². The molecule has 202 valence electrons. The van der Waals surface area contributed by atoms with Gasteiger partial charge >= 0.3 is 0 Å². The molecule has 0 saturated carbocycles. The van der Waals surface area contributed by atoms with E-state index in [-0.39, 0.29) is 21.9 Å². The SMILES string of the molecule is CC[C@H](C)[C@@H](NCc1cccc(Cn2nc(NS(=O)(=O)c3ccc(Cl)s3)c3c(OC)cccc32)c1)C(N)=O. The van der Waals surface area contributed by atoms with Crippen LogP contribution in [-0.4, -0.2) is 37.3 Å². The maximum Gasteiger partial charge on any atom is 0.272 e. The minimum Gasteiger partial charge on any atom is -0.496 e. The highest BCUT2D eigenvalue weighted by Gasteiger charge is 2.23. The molecular weight excluding hydrogens is 546 g/mol. The van der Waals surface area contributed by atoms with E-state index in [2.05, 4.69) is 15.1 Å². The normalized spacial score (nSPS) is 13.4. The molecule has 2 aromatic carbocycles. The number of carbonyl (C=O) groups is 1. The fraction of sp³-hybridized carbons (Fsp3) is 0.308. The van der Waals surface area contributed by atoms with Gasteiger partial charge in [0.05, 0.1) is 34.9 Å². The molecule has 0 unspecified atom stereocenters. The lowest BCUT2D eigenvalue weighted by molar-refractivity contribution is -0.121. The number of aromatic nitrogens is 2. The van der Waals surface area contributed by atoms with Crippen molar-refractivity contribution in [2.75, 3.05) is 11.8 Å². The van der Waals surface area contributed by atoms with Crippen molar-refractivity contribution in [3.63, 3.8) is 0 Å². The van der Waals surface area contributed by atoms with Crippen molar-refractivity contribution >= 4 is 55.6 Å². The summed E-state index contributed by atoms with van der Waals surface area (Å²) in [5.41, 5.74) is 8.24. The zero-order chi connectivity index (χ0) is 27.4. The van der Waals surface area contributed by atoms with Crippen molar-refractivity contribution in [1.29, 1.82) is 0 Å². The first-order valence-corrected chi connectivity index (χ1v) is 14.7. The standard InChI is InChI=1S/C26H30ClN5O4S2/c1-4-16(2)24(25(28)33)29-14-17-7-5-8-18(13-17)15-32-19-9-6-10-20(36-3)23(19)26(30-32)31-38(34,35)22-12-11-21(27)37-22/h5-13,16,24,29H,4,14-15H2,1-3H3,(H2,28,33)(H,30,31)/t16-,24+/m0/s1. The second kappa shape index (κ2) is 11.7. The number of primary amides is 1. The van der Waals surface area contributed by atoms with Gasteiger partial charge in [-0.2, -0.15) is 5.10 Å². The van der Waals surface area contributed by atoms with Crippen LogP contribution < -0.4 is 20.5 Å². The van der Waals surface area contributed by atoms with Gasteiger partial charge in [0.1, 0.15) is 9.96 Å². The number of amides is 1. The van der Waals surface area contributed by atoms with Gasteiger partial charge in [0.2, 0.25) is 5.91 Å². The monoisotopic (exact) mass is 575 g/mol. The predicted molar refractivity (Wildman–Crippen MR) is 151 cm³/mol. The zero-order valence-electron chi connectivity index (χ0n) is 21.3. The summed E-state index contributed by atoms with van der Waals surface area (Å²) < 4.78 is 36.4. The van der Waals surface area contributed by atoms with Crippen LogP contribution in [0.5, 0.6) is 5.75 Å². The molecule has 2 atom stereocenters. The lowest BCUT2D eigenvalue weighted by Crippen LogP contribution is -2.45. The molecule has 2 aromatic heterocycles. The predicted octanol–water partition coefficient (Wildman–Crippen LogP) is 4.60. The van der Waals surface area contributed by atoms with Crippen molar-refractivity contribution in [2.24, 2.45) is 11.7 Å². The van der Waals surface area contributed by atoms with Crippen LogP contribution in [0.15, 0.2) is 58.8 Å². The number of hydrogen-bond acceptors (Lipinski definition) is 7. The van der Waals surface area contributed by atoms with E-state index < -0.39 is 16.1 Å². The Hall–Kier alpha value is -3.12. The first-order chi connectivity index (χ1) is 18.1. The molecule has 4 rings (SSSR count). The average molecular weight is 576 g/mol. The number of anilines is 1. The number of ether oxygens (including phenoxy) is 1. The molecule has 2 heterocycles. The number of methoxy groups -OCH3 is 1. The molecule has 4 N–H and O–H groups in total. The Bertz CT molecular complexity index is 1550. The topological polar surface area (TPSA) is 128 Å². The third-order valence-electron chi connectivity index (χ3n) is 6.37. The molecule has 12 heteroatoms. The Morgan fingerprint density at radius 3 is 2.58 bits per heavy atom. The van der Waals surface area contributed by atoms with Gasteiger partial charge in [-0.05, 0) is 41.3 Å². The van der Waals surface area contributed by atoms with Gasteiger partial charge in [-0.1, -0.05) is 62.2 Å². The molecule has 0 fully saturated rings. The van der Waals surface area contributed by atoms with Gasteiger partial charge in [-0.3, -0.25) is 14.2 Å². The van der Waals surface area contributed by atoms with E-state index in [1.165, 1.54) is 19.2 Å². The zero-order valence-corrected chi connectivity index (χ0v) is 23.7. The van der Waals surface area contributed by atoms with Crippen LogP contribution in [0.4, 0.5) is 5.82 Å². The summed E-state index contributed by atoms with van der Waals surface area (Å²) in [6.45, 7) is 4.88. The van der Waals surface area contributed by atoms with Crippen molar-refractivity contribution < 1.29 is 17.9 Å². The van der Waals surface area contributed by atoms with Gasteiger partial charge in [0, 0.05) is 6.54 Å². The largest absolute Gasteiger partial charge is 0.496 e. The summed E-state index contributed by atoms with van der Waals surface area (Å²) >= 11 is 6.92. The summed E-state index contributed by atoms with van der Waals surface area (Å²) in [6, 6.07) is 15.9. The van der Waals surface area contributed by atoms with E-state index >= 15 is 0 Å². The summed E-state index contributed by atoms with van der Waals surface area (Å²) in [5.74, 6) is 0.412. The molecule has 9 nitrogen and oxygen atoms in total. The summed E-state index contributed by atoms with van der Waals surface area (Å²) in [6.07, 6.45) is 0.835. The van der Waals surface area contributed by atoms with Crippen molar-refractivity contribution in [3.8, 4) is 5.75 Å². The second-order valence-electron chi connectivity index (χ2n) is 8.99. The van der Waals surface area contributed by atoms with Crippen LogP contribution in [0.3, 0.4) is 0 Å². The number of rotatable bonds is 12. The number of nitrogens with one attached hydrogen (secondary N) is 2. The molecule has 4 aromatic rings. The molecule has 38 heavy (non-hydrogen) atoms. The van der Waals surface area contributed by atoms with Crippen LogP contribution in [0.25, 0.3) is 10.9 Å². The fourth-order valence-corrected chi connectivity index (χ4v) is 6.73. The lowest BCUT2D eigenvalue weighted by atomic mass is 9.98. The lowest BCUT2D eigenvalue weighted by Gasteiger charge is -2.21. The van der Waals surface area contributed by atoms with Gasteiger partial charge in [-0.25, -0.2) is 8.42 Å². The van der Waals surface area contributed by atoms with E-state index in [9.17, 15) is 13.2 Å². The third kappa shape index (κ3) is 6.12. The Morgan fingerprint density at radius 2 is 1.92 bits per heavy atom. The van der Waals surface area contributed by atoms with Crippen LogP contribution >= 0.6 is 22.9 Å². The van der Waals surface area contributed by atoms with Crippen LogP contribution in [0, 0.1) is 5.92 Å². The van der Waals surface area contributed by atoms with Crippen molar-refractivity contribution in [1.82, 2.24) is 15.1 Å². The summed E-state index contributed by atoms with van der Waals surface area (Å²) in [7, 11) is -2.37. The number of benzene rings is 2. The Labute approximate surface area is 231 Å². The van der Waals surface area contributed by atoms with Gasteiger partial charge in [0.15, 0.2) is 5.82 Å². The fourth-order valence-electron chi connectivity index (χ4n) is 4.24. The molecule has 0 radical (unpaired) electrons. The van der Waals surface area contributed by atoms with Gasteiger partial charge in [0.25, 0.3) is 10.0 Å². The van der Waals surface area contributed by atoms with E-state index in [0.717, 1.165) is 28.9 Å². The van der Waals surface area contributed by atoms with E-state index in [1.54, 1.807) is 10.7 Å². The first kappa shape index (κ1) is 27.9. The molecule has 0 aliphatic rings. The molecule has 1 amide bonds. The number of fused-ring (bicyclic) bond motifs is 1. The van der Waals surface area contributed by atoms with E-state index in [1.807, 2.05) is 50.2 Å². The van der Waals surface area contributed by atoms with E-state index in [0.29, 0.717) is 34.1 Å². The minimum absolute atomic E-state index is 0.0898.